The lowest BCUT2D eigenvalue weighted by Crippen LogP contribution is -2.18. The SMILES string of the molecule is N#CC1(Cl)CCCOCC1. The maximum atomic E-state index is 8.64. The van der Waals surface area contributed by atoms with Gasteiger partial charge in [-0.15, -0.1) is 11.6 Å². The van der Waals surface area contributed by atoms with Gasteiger partial charge in [0.15, 0.2) is 0 Å². The summed E-state index contributed by atoms with van der Waals surface area (Å²) in [6.07, 6.45) is 2.31. The van der Waals surface area contributed by atoms with Gasteiger partial charge in [-0.2, -0.15) is 5.26 Å². The number of ether oxygens (including phenoxy) is 1. The van der Waals surface area contributed by atoms with Crippen molar-refractivity contribution in [2.24, 2.45) is 0 Å². The first kappa shape index (κ1) is 7.84. The predicted molar refractivity (Wildman–Crippen MR) is 38.9 cm³/mol. The smallest absolute Gasteiger partial charge is 0.133 e. The maximum Gasteiger partial charge on any atom is 0.133 e. The molecule has 0 saturated carbocycles. The van der Waals surface area contributed by atoms with Gasteiger partial charge in [-0.3, -0.25) is 0 Å². The molecule has 0 spiro atoms. The molecule has 1 atom stereocenters. The third-order valence-electron chi connectivity index (χ3n) is 1.70. The molecular weight excluding hydrogens is 150 g/mol. The second-order valence-electron chi connectivity index (χ2n) is 2.54. The Morgan fingerprint density at radius 1 is 1.40 bits per heavy atom. The molecule has 1 heterocycles. The van der Waals surface area contributed by atoms with Crippen LogP contribution in [-0.4, -0.2) is 18.1 Å². The average Bonchev–Trinajstić information content (AvgIpc) is 2.15. The van der Waals surface area contributed by atoms with E-state index in [0.29, 0.717) is 13.0 Å². The molecule has 0 bridgehead atoms. The van der Waals surface area contributed by atoms with Crippen LogP contribution in [0.1, 0.15) is 19.3 Å². The zero-order chi connectivity index (χ0) is 7.45. The van der Waals surface area contributed by atoms with Gasteiger partial charge >= 0.3 is 0 Å². The van der Waals surface area contributed by atoms with E-state index in [1.165, 1.54) is 0 Å². The average molecular weight is 160 g/mol. The highest BCUT2D eigenvalue weighted by molar-refractivity contribution is 6.25. The van der Waals surface area contributed by atoms with E-state index in [4.69, 9.17) is 21.6 Å². The molecule has 3 heteroatoms. The second-order valence-corrected chi connectivity index (χ2v) is 3.27. The monoisotopic (exact) mass is 159 g/mol. The summed E-state index contributed by atoms with van der Waals surface area (Å²) in [5.41, 5.74) is 0. The quantitative estimate of drug-likeness (QED) is 0.504. The number of rotatable bonds is 0. The highest BCUT2D eigenvalue weighted by Gasteiger charge is 2.27. The summed E-state index contributed by atoms with van der Waals surface area (Å²) in [7, 11) is 0. The Labute approximate surface area is 65.7 Å². The molecule has 1 rings (SSSR count). The van der Waals surface area contributed by atoms with Crippen molar-refractivity contribution in [3.05, 3.63) is 0 Å². The highest BCUT2D eigenvalue weighted by Crippen LogP contribution is 2.27. The molecule has 0 aromatic rings. The van der Waals surface area contributed by atoms with Crippen molar-refractivity contribution in [3.8, 4) is 6.07 Å². The summed E-state index contributed by atoms with van der Waals surface area (Å²) >= 11 is 5.92. The lowest BCUT2D eigenvalue weighted by molar-refractivity contribution is 0.143. The van der Waals surface area contributed by atoms with Crippen LogP contribution in [0.25, 0.3) is 0 Å². The molecule has 1 aliphatic rings. The Balaban J connectivity index is 2.51. The molecule has 0 aromatic carbocycles. The topological polar surface area (TPSA) is 33.0 Å². The van der Waals surface area contributed by atoms with Crippen molar-refractivity contribution < 1.29 is 4.74 Å². The first-order valence-electron chi connectivity index (χ1n) is 3.45. The van der Waals surface area contributed by atoms with E-state index in [1.54, 1.807) is 0 Å². The zero-order valence-corrected chi connectivity index (χ0v) is 6.52. The minimum atomic E-state index is -0.642. The Kier molecular flexibility index (Phi) is 2.53. The van der Waals surface area contributed by atoms with Crippen LogP contribution in [0.3, 0.4) is 0 Å². The Morgan fingerprint density at radius 2 is 2.20 bits per heavy atom. The van der Waals surface area contributed by atoms with Crippen LogP contribution in [0.2, 0.25) is 0 Å². The van der Waals surface area contributed by atoms with Crippen molar-refractivity contribution in [2.75, 3.05) is 13.2 Å². The highest BCUT2D eigenvalue weighted by atomic mass is 35.5. The van der Waals surface area contributed by atoms with Gasteiger partial charge in [0.1, 0.15) is 4.87 Å². The number of hydrogen-bond acceptors (Lipinski definition) is 2. The minimum Gasteiger partial charge on any atom is -0.381 e. The van der Waals surface area contributed by atoms with Crippen molar-refractivity contribution in [3.63, 3.8) is 0 Å². The normalized spacial score (nSPS) is 34.4. The largest absolute Gasteiger partial charge is 0.381 e. The molecule has 0 aromatic heterocycles. The van der Waals surface area contributed by atoms with Crippen LogP contribution in [0.4, 0.5) is 0 Å². The molecule has 56 valence electrons. The van der Waals surface area contributed by atoms with E-state index in [-0.39, 0.29) is 0 Å². The standard InChI is InChI=1S/C7H10ClNO/c8-7(6-9)2-1-4-10-5-3-7/h1-5H2. The third kappa shape index (κ3) is 1.86. The number of halogens is 1. The van der Waals surface area contributed by atoms with Crippen LogP contribution in [0.15, 0.2) is 0 Å². The predicted octanol–water partition coefficient (Wildman–Crippen LogP) is 1.69. The van der Waals surface area contributed by atoms with E-state index in [0.717, 1.165) is 19.4 Å². The fourth-order valence-electron chi connectivity index (χ4n) is 1.03. The van der Waals surface area contributed by atoms with Crippen LogP contribution < -0.4 is 0 Å². The molecule has 1 saturated heterocycles. The van der Waals surface area contributed by atoms with Crippen LogP contribution in [0.5, 0.6) is 0 Å². The summed E-state index contributed by atoms with van der Waals surface area (Å²) < 4.78 is 5.16. The minimum absolute atomic E-state index is 0.622. The number of hydrogen-bond donors (Lipinski definition) is 0. The molecule has 0 amide bonds. The van der Waals surface area contributed by atoms with Crippen LogP contribution >= 0.6 is 11.6 Å². The fraction of sp³-hybridized carbons (Fsp3) is 0.857. The van der Waals surface area contributed by atoms with Gasteiger partial charge in [0.05, 0.1) is 6.07 Å². The van der Waals surface area contributed by atoms with E-state index in [9.17, 15) is 0 Å². The van der Waals surface area contributed by atoms with E-state index in [2.05, 4.69) is 6.07 Å². The molecule has 0 N–H and O–H groups in total. The summed E-state index contributed by atoms with van der Waals surface area (Å²) in [5.74, 6) is 0. The molecule has 0 aliphatic carbocycles. The molecule has 1 unspecified atom stereocenters. The van der Waals surface area contributed by atoms with Gasteiger partial charge in [-0.25, -0.2) is 0 Å². The number of alkyl halides is 1. The first-order chi connectivity index (χ1) is 4.77. The molecule has 10 heavy (non-hydrogen) atoms. The molecule has 1 aliphatic heterocycles. The van der Waals surface area contributed by atoms with Gasteiger partial charge in [-0.05, 0) is 12.8 Å². The van der Waals surface area contributed by atoms with Crippen molar-refractivity contribution in [2.45, 2.75) is 24.1 Å². The molecule has 2 nitrogen and oxygen atoms in total. The third-order valence-corrected chi connectivity index (χ3v) is 2.17. The summed E-state index contributed by atoms with van der Waals surface area (Å²) in [6, 6.07) is 2.11. The van der Waals surface area contributed by atoms with Gasteiger partial charge < -0.3 is 4.74 Å². The second kappa shape index (κ2) is 3.23. The zero-order valence-electron chi connectivity index (χ0n) is 5.77. The Morgan fingerprint density at radius 3 is 2.90 bits per heavy atom. The lowest BCUT2D eigenvalue weighted by atomic mass is 10.0. The van der Waals surface area contributed by atoms with Gasteiger partial charge in [-0.1, -0.05) is 0 Å². The van der Waals surface area contributed by atoms with E-state index in [1.807, 2.05) is 0 Å². The van der Waals surface area contributed by atoms with Crippen molar-refractivity contribution >= 4 is 11.6 Å². The van der Waals surface area contributed by atoms with Gasteiger partial charge in [0.2, 0.25) is 0 Å². The van der Waals surface area contributed by atoms with Gasteiger partial charge in [0, 0.05) is 19.6 Å². The summed E-state index contributed by atoms with van der Waals surface area (Å²) in [5, 5.41) is 8.64. The summed E-state index contributed by atoms with van der Waals surface area (Å²) in [4.78, 5) is -0.642. The van der Waals surface area contributed by atoms with Crippen molar-refractivity contribution in [1.29, 1.82) is 5.26 Å². The van der Waals surface area contributed by atoms with E-state index < -0.39 is 4.87 Å². The first-order valence-corrected chi connectivity index (χ1v) is 3.83. The number of nitrogens with zero attached hydrogens (tertiary/aromatic N) is 1. The Hall–Kier alpha value is -0.260. The Bertz CT molecular complexity index is 144. The van der Waals surface area contributed by atoms with Gasteiger partial charge in [0.25, 0.3) is 0 Å². The fourth-order valence-corrected chi connectivity index (χ4v) is 1.24. The molecule has 0 radical (unpaired) electrons. The number of nitriles is 1. The van der Waals surface area contributed by atoms with Crippen LogP contribution in [0, 0.1) is 11.3 Å². The maximum absolute atomic E-state index is 8.64. The van der Waals surface area contributed by atoms with Crippen LogP contribution in [-0.2, 0) is 4.74 Å². The van der Waals surface area contributed by atoms with Crippen molar-refractivity contribution in [1.82, 2.24) is 0 Å². The van der Waals surface area contributed by atoms with E-state index >= 15 is 0 Å². The molecular formula is C7H10ClNO. The lowest BCUT2D eigenvalue weighted by Gasteiger charge is -2.13. The summed E-state index contributed by atoms with van der Waals surface area (Å²) in [6.45, 7) is 1.37. The molecule has 1 fully saturated rings.